The Balaban J connectivity index is 1.29. The molecule has 1 heterocycles. The van der Waals surface area contributed by atoms with Gasteiger partial charge >= 0.3 is 5.97 Å². The van der Waals surface area contributed by atoms with Gasteiger partial charge < -0.3 is 25.6 Å². The zero-order chi connectivity index (χ0) is 32.5. The van der Waals surface area contributed by atoms with Crippen LogP contribution in [0.2, 0.25) is 0 Å². The molecular formula is C34H42F3N3O5. The van der Waals surface area contributed by atoms with Gasteiger partial charge in [0.15, 0.2) is 23.6 Å². The molecule has 0 saturated heterocycles. The van der Waals surface area contributed by atoms with Crippen molar-refractivity contribution in [3.8, 4) is 5.75 Å². The summed E-state index contributed by atoms with van der Waals surface area (Å²) in [6, 6.07) is 6.39. The van der Waals surface area contributed by atoms with E-state index in [1.807, 2.05) is 0 Å². The monoisotopic (exact) mass is 629 g/mol. The largest absolute Gasteiger partial charge is 0.493 e. The van der Waals surface area contributed by atoms with Crippen molar-refractivity contribution in [3.05, 3.63) is 83.0 Å². The van der Waals surface area contributed by atoms with Gasteiger partial charge in [0, 0.05) is 17.7 Å². The number of ketones is 1. The Kier molecular flexibility index (Phi) is 12.1. The van der Waals surface area contributed by atoms with Gasteiger partial charge in [0.25, 0.3) is 0 Å². The van der Waals surface area contributed by atoms with E-state index in [0.717, 1.165) is 67.7 Å². The summed E-state index contributed by atoms with van der Waals surface area (Å²) in [6.07, 6.45) is 7.84. The molecule has 2 atom stereocenters. The van der Waals surface area contributed by atoms with Crippen LogP contribution >= 0.6 is 0 Å². The number of unbranched alkanes of at least 4 members (excludes halogenated alkanes) is 2. The molecule has 1 fully saturated rings. The number of nitrogens with two attached hydrogens (primary N) is 1. The summed E-state index contributed by atoms with van der Waals surface area (Å²) in [5.74, 6) is -3.46. The van der Waals surface area contributed by atoms with E-state index in [-0.39, 0.29) is 47.4 Å². The smallest absolute Gasteiger partial charge is 0.323 e. The predicted octanol–water partition coefficient (Wildman–Crippen LogP) is 5.89. The van der Waals surface area contributed by atoms with Crippen LogP contribution in [0.15, 0.2) is 59.9 Å². The number of ether oxygens (including phenoxy) is 2. The first-order valence-corrected chi connectivity index (χ1v) is 15.6. The molecule has 2 aromatic carbocycles. The molecule has 0 spiro atoms. The Hall–Kier alpha value is -3.83. The summed E-state index contributed by atoms with van der Waals surface area (Å²) >= 11 is 0. The lowest BCUT2D eigenvalue weighted by molar-refractivity contribution is -0.151. The Morgan fingerprint density at radius 2 is 1.71 bits per heavy atom. The van der Waals surface area contributed by atoms with E-state index in [4.69, 9.17) is 15.2 Å². The Bertz CT molecular complexity index is 1370. The molecule has 244 valence electrons. The van der Waals surface area contributed by atoms with Gasteiger partial charge in [-0.25, -0.2) is 13.2 Å². The lowest BCUT2D eigenvalue weighted by atomic mass is 10.00. The number of carbonyl (C=O) groups is 2. The van der Waals surface area contributed by atoms with E-state index in [0.29, 0.717) is 25.3 Å². The molecule has 2 aromatic rings. The number of nitrogens with zero attached hydrogens (tertiary/aromatic N) is 1. The maximum atomic E-state index is 15.2. The highest BCUT2D eigenvalue weighted by atomic mass is 19.1. The van der Waals surface area contributed by atoms with Crippen molar-refractivity contribution in [3.63, 3.8) is 0 Å². The van der Waals surface area contributed by atoms with Crippen LogP contribution < -0.4 is 20.7 Å². The van der Waals surface area contributed by atoms with Crippen molar-refractivity contribution in [2.45, 2.75) is 83.6 Å². The maximum absolute atomic E-state index is 15.2. The van der Waals surface area contributed by atoms with E-state index in [1.165, 1.54) is 24.3 Å². The van der Waals surface area contributed by atoms with Gasteiger partial charge in [0.05, 0.1) is 12.2 Å². The molecule has 4 N–H and O–H groups in total. The Morgan fingerprint density at radius 1 is 1.04 bits per heavy atom. The first-order chi connectivity index (χ1) is 21.5. The van der Waals surface area contributed by atoms with Crippen molar-refractivity contribution >= 4 is 17.4 Å². The summed E-state index contributed by atoms with van der Waals surface area (Å²) in [5, 5.41) is 13.8. The highest BCUT2D eigenvalue weighted by Crippen LogP contribution is 2.34. The number of anilines is 1. The van der Waals surface area contributed by atoms with Crippen LogP contribution in [0.25, 0.3) is 0 Å². The molecular weight excluding hydrogens is 587 g/mol. The van der Waals surface area contributed by atoms with Gasteiger partial charge in [-0.2, -0.15) is 0 Å². The number of halogens is 3. The summed E-state index contributed by atoms with van der Waals surface area (Å²) in [6.45, 7) is 4.98. The van der Waals surface area contributed by atoms with Crippen LogP contribution in [0.1, 0.15) is 75.6 Å². The fraction of sp³-hybridized carbons (Fsp3) is 0.471. The van der Waals surface area contributed by atoms with Crippen LogP contribution in [-0.4, -0.2) is 48.4 Å². The van der Waals surface area contributed by atoms with Crippen LogP contribution in [0.3, 0.4) is 0 Å². The van der Waals surface area contributed by atoms with Crippen LogP contribution in [0.5, 0.6) is 5.75 Å². The number of rotatable bonds is 15. The molecule has 0 bridgehead atoms. The number of hydrogen-bond acceptors (Lipinski definition) is 8. The number of aliphatic hydroxyl groups is 1. The predicted molar refractivity (Wildman–Crippen MR) is 165 cm³/mol. The second kappa shape index (κ2) is 15.9. The molecule has 2 aliphatic rings. The van der Waals surface area contributed by atoms with Crippen LogP contribution in [0, 0.1) is 23.4 Å². The molecule has 0 aromatic heterocycles. The van der Waals surface area contributed by atoms with E-state index < -0.39 is 35.2 Å². The molecule has 0 amide bonds. The average molecular weight is 630 g/mol. The van der Waals surface area contributed by atoms with Gasteiger partial charge in [0.1, 0.15) is 35.2 Å². The molecule has 45 heavy (non-hydrogen) atoms. The molecule has 4 rings (SSSR count). The number of allylic oxidation sites excluding steroid dienone is 2. The number of esters is 1. The minimum Gasteiger partial charge on any atom is -0.493 e. The lowest BCUT2D eigenvalue weighted by Crippen LogP contribution is -2.41. The quantitative estimate of drug-likeness (QED) is 0.127. The molecule has 1 aliphatic heterocycles. The molecule has 1 unspecified atom stereocenters. The summed E-state index contributed by atoms with van der Waals surface area (Å²) < 4.78 is 55.0. The van der Waals surface area contributed by atoms with E-state index in [1.54, 1.807) is 0 Å². The Labute approximate surface area is 262 Å². The van der Waals surface area contributed by atoms with Crippen LogP contribution in [0.4, 0.5) is 18.9 Å². The fourth-order valence-corrected chi connectivity index (χ4v) is 5.54. The first kappa shape index (κ1) is 34.1. The van der Waals surface area contributed by atoms with E-state index >= 15 is 8.78 Å². The number of carbonyl (C=O) groups excluding carboxylic acids is 2. The van der Waals surface area contributed by atoms with Crippen LogP contribution in [-0.2, 0) is 9.53 Å². The third-order valence-corrected chi connectivity index (χ3v) is 7.87. The number of hydrogen-bond donors (Lipinski definition) is 3. The van der Waals surface area contributed by atoms with Crippen molar-refractivity contribution in [2.24, 2.45) is 11.7 Å². The van der Waals surface area contributed by atoms with Gasteiger partial charge in [-0.15, -0.1) is 0 Å². The van der Waals surface area contributed by atoms with Gasteiger partial charge in [-0.3, -0.25) is 14.5 Å². The van der Waals surface area contributed by atoms with Crippen molar-refractivity contribution in [2.75, 3.05) is 18.1 Å². The van der Waals surface area contributed by atoms with Crippen molar-refractivity contribution in [1.82, 2.24) is 5.32 Å². The average Bonchev–Trinajstić information content (AvgIpc) is 3.50. The standard InChI is InChI=1S/C34H42F3N3O5/c1-21(2)18-29(34(43)45-24-8-4-5-9-24)39-16-6-3-7-17-44-25-19-27(36)31(28(37)20-25)40-30(41)15-14-26(33(40)38)32(42)22-10-12-23(35)13-11-22/h10-15,19-21,24,29-30,39,41H,3-9,16-18,38H2,1-2H3/t29-,30?/m0/s1. The minimum absolute atomic E-state index is 0.0277. The number of aliphatic hydroxyl groups excluding tert-OH is 1. The molecule has 1 saturated carbocycles. The van der Waals surface area contributed by atoms with E-state index in [9.17, 15) is 19.1 Å². The highest BCUT2D eigenvalue weighted by Gasteiger charge is 2.31. The summed E-state index contributed by atoms with van der Waals surface area (Å²) in [7, 11) is 0. The molecule has 1 aliphatic carbocycles. The van der Waals surface area contributed by atoms with Gasteiger partial charge in [-0.05, 0) is 100 Å². The van der Waals surface area contributed by atoms with Gasteiger partial charge in [-0.1, -0.05) is 13.8 Å². The van der Waals surface area contributed by atoms with Crippen molar-refractivity contribution in [1.29, 1.82) is 0 Å². The highest BCUT2D eigenvalue weighted by molar-refractivity contribution is 6.11. The third kappa shape index (κ3) is 9.11. The second-order valence-electron chi connectivity index (χ2n) is 11.9. The Morgan fingerprint density at radius 3 is 2.36 bits per heavy atom. The number of nitrogens with one attached hydrogen (secondary N) is 1. The number of Topliss-reactive ketones (excluding diaryl/α,β-unsaturated/α-hetero) is 1. The van der Waals surface area contributed by atoms with E-state index in [2.05, 4.69) is 19.2 Å². The summed E-state index contributed by atoms with van der Waals surface area (Å²) in [5.41, 5.74) is 5.49. The zero-order valence-corrected chi connectivity index (χ0v) is 25.7. The van der Waals surface area contributed by atoms with Gasteiger partial charge in [0.2, 0.25) is 0 Å². The zero-order valence-electron chi connectivity index (χ0n) is 25.7. The lowest BCUT2D eigenvalue weighted by Gasteiger charge is -2.32. The minimum atomic E-state index is -1.54. The SMILES string of the molecule is CC(C)C[C@H](NCCCCCOc1cc(F)c(N2C(N)=C(C(=O)c3ccc(F)cc3)C=CC2O)c(F)c1)C(=O)OC1CCCC1. The third-order valence-electron chi connectivity index (χ3n) is 7.87. The number of benzene rings is 2. The second-order valence-corrected chi connectivity index (χ2v) is 11.9. The molecule has 8 nitrogen and oxygen atoms in total. The van der Waals surface area contributed by atoms with Crippen molar-refractivity contribution < 1.29 is 37.3 Å². The normalized spacial score (nSPS) is 17.7. The molecule has 11 heteroatoms. The maximum Gasteiger partial charge on any atom is 0.323 e. The summed E-state index contributed by atoms with van der Waals surface area (Å²) in [4.78, 5) is 26.4. The first-order valence-electron chi connectivity index (χ1n) is 15.6. The molecule has 0 radical (unpaired) electrons. The fourth-order valence-electron chi connectivity index (χ4n) is 5.54. The topological polar surface area (TPSA) is 114 Å².